The molecule has 2 aliphatic rings. The zero-order valence-corrected chi connectivity index (χ0v) is 19.1. The van der Waals surface area contributed by atoms with Gasteiger partial charge in [0.25, 0.3) is 5.91 Å². The van der Waals surface area contributed by atoms with Crippen molar-refractivity contribution in [3.63, 3.8) is 0 Å². The highest BCUT2D eigenvalue weighted by Crippen LogP contribution is 2.31. The molecule has 2 amide bonds. The number of imidazole rings is 1. The lowest BCUT2D eigenvalue weighted by Crippen LogP contribution is -2.55. The van der Waals surface area contributed by atoms with Crippen molar-refractivity contribution in [3.8, 4) is 17.2 Å². The first-order valence-electron chi connectivity index (χ1n) is 11.0. The second-order valence-corrected chi connectivity index (χ2v) is 8.86. The number of para-hydroxylation sites is 2. The number of carbonyl (C=O) groups is 2. The molecule has 2 aromatic carbocycles. The van der Waals surface area contributed by atoms with Crippen molar-refractivity contribution in [1.82, 2.24) is 19.4 Å². The van der Waals surface area contributed by atoms with E-state index in [-0.39, 0.29) is 30.0 Å². The number of rotatable bonds is 5. The number of carbonyl (C=O) groups excluding carboxylic acids is 2. The van der Waals surface area contributed by atoms with Gasteiger partial charge in [-0.3, -0.25) is 14.2 Å². The van der Waals surface area contributed by atoms with E-state index in [1.807, 2.05) is 18.2 Å². The molecule has 3 heterocycles. The minimum atomic E-state index is -0.686. The van der Waals surface area contributed by atoms with E-state index in [2.05, 4.69) is 4.98 Å². The number of hydrogen-bond donors (Lipinski definition) is 0. The lowest BCUT2D eigenvalue weighted by atomic mass is 10.2. The van der Waals surface area contributed by atoms with E-state index in [1.165, 1.54) is 23.9 Å². The van der Waals surface area contributed by atoms with Gasteiger partial charge in [-0.25, -0.2) is 9.37 Å². The smallest absolute Gasteiger partial charge is 0.267 e. The number of ether oxygens (including phenoxy) is 2. The molecule has 1 atom stereocenters. The van der Waals surface area contributed by atoms with Gasteiger partial charge in [0.2, 0.25) is 12.0 Å². The molecule has 0 unspecified atom stereocenters. The van der Waals surface area contributed by atoms with Crippen LogP contribution in [0.5, 0.6) is 11.5 Å². The summed E-state index contributed by atoms with van der Waals surface area (Å²) < 4.78 is 26.8. The van der Waals surface area contributed by atoms with Crippen LogP contribution in [0.1, 0.15) is 0 Å². The number of fused-ring (bicyclic) bond motifs is 1. The molecule has 0 aliphatic carbocycles. The molecule has 0 N–H and O–H groups in total. The Bertz CT molecular complexity index is 1190. The summed E-state index contributed by atoms with van der Waals surface area (Å²) in [6, 6.07) is 13.5. The van der Waals surface area contributed by atoms with Crippen LogP contribution in [0.3, 0.4) is 0 Å². The number of hydrogen-bond acceptors (Lipinski definition) is 6. The van der Waals surface area contributed by atoms with E-state index in [0.29, 0.717) is 48.5 Å². The summed E-state index contributed by atoms with van der Waals surface area (Å²) in [5, 5.41) is 0.613. The second kappa shape index (κ2) is 9.76. The highest BCUT2D eigenvalue weighted by Gasteiger charge is 2.33. The molecule has 34 heavy (non-hydrogen) atoms. The van der Waals surface area contributed by atoms with Crippen molar-refractivity contribution in [2.24, 2.45) is 0 Å². The maximum Gasteiger partial charge on any atom is 0.267 e. The van der Waals surface area contributed by atoms with Crippen LogP contribution >= 0.6 is 11.8 Å². The van der Waals surface area contributed by atoms with Gasteiger partial charge in [0.1, 0.15) is 12.4 Å². The zero-order valence-electron chi connectivity index (χ0n) is 18.3. The molecule has 1 saturated heterocycles. The summed E-state index contributed by atoms with van der Waals surface area (Å²) in [7, 11) is 0. The van der Waals surface area contributed by atoms with Crippen molar-refractivity contribution >= 4 is 23.6 Å². The Balaban J connectivity index is 1.12. The van der Waals surface area contributed by atoms with Crippen LogP contribution in [-0.2, 0) is 9.59 Å². The van der Waals surface area contributed by atoms with E-state index in [0.717, 1.165) is 0 Å². The standard InChI is InChI=1S/C24H23FN4O4S/c25-17-4-3-5-18(14-17)29-9-8-26-24(29)34-16-22(30)27-10-12-28(13-11-27)23(31)21-15-32-19-6-1-2-7-20(19)33-21/h1-9,14,21H,10-13,15-16H2/t21-/m0/s1. The van der Waals surface area contributed by atoms with Crippen molar-refractivity contribution in [3.05, 3.63) is 66.7 Å². The number of nitrogens with zero attached hydrogens (tertiary/aromatic N) is 4. The molecule has 0 saturated carbocycles. The second-order valence-electron chi connectivity index (χ2n) is 7.92. The number of thioether (sulfide) groups is 1. The molecule has 1 fully saturated rings. The van der Waals surface area contributed by atoms with Gasteiger partial charge in [-0.15, -0.1) is 0 Å². The normalized spacial score (nSPS) is 17.5. The maximum absolute atomic E-state index is 13.6. The quantitative estimate of drug-likeness (QED) is 0.521. The first-order valence-corrected chi connectivity index (χ1v) is 11.9. The van der Waals surface area contributed by atoms with Gasteiger partial charge in [-0.2, -0.15) is 0 Å². The number of benzene rings is 2. The van der Waals surface area contributed by atoms with Gasteiger partial charge in [0, 0.05) is 38.6 Å². The summed E-state index contributed by atoms with van der Waals surface area (Å²) in [5.74, 6) is 0.911. The Morgan fingerprint density at radius 2 is 1.79 bits per heavy atom. The largest absolute Gasteiger partial charge is 0.485 e. The van der Waals surface area contributed by atoms with Crippen molar-refractivity contribution in [2.45, 2.75) is 11.3 Å². The maximum atomic E-state index is 13.6. The summed E-state index contributed by atoms with van der Waals surface area (Å²) in [6.45, 7) is 1.95. The lowest BCUT2D eigenvalue weighted by Gasteiger charge is -2.37. The van der Waals surface area contributed by atoms with E-state index < -0.39 is 6.10 Å². The third-order valence-electron chi connectivity index (χ3n) is 5.75. The highest BCUT2D eigenvalue weighted by molar-refractivity contribution is 7.99. The monoisotopic (exact) mass is 482 g/mol. The van der Waals surface area contributed by atoms with Crippen molar-refractivity contribution in [2.75, 3.05) is 38.5 Å². The predicted octanol–water partition coefficient (Wildman–Crippen LogP) is 2.61. The van der Waals surface area contributed by atoms with E-state index in [1.54, 1.807) is 45.0 Å². The molecule has 0 radical (unpaired) electrons. The van der Waals surface area contributed by atoms with Gasteiger partial charge in [0.05, 0.1) is 11.4 Å². The Kier molecular flexibility index (Phi) is 6.39. The van der Waals surface area contributed by atoms with Gasteiger partial charge in [0.15, 0.2) is 16.7 Å². The highest BCUT2D eigenvalue weighted by atomic mass is 32.2. The van der Waals surface area contributed by atoms with Crippen LogP contribution in [0, 0.1) is 5.82 Å². The Morgan fingerprint density at radius 1 is 1.03 bits per heavy atom. The lowest BCUT2D eigenvalue weighted by molar-refractivity contribution is -0.145. The fraction of sp³-hybridized carbons (Fsp3) is 0.292. The summed E-state index contributed by atoms with van der Waals surface area (Å²) in [6.07, 6.45) is 2.67. The van der Waals surface area contributed by atoms with E-state index in [4.69, 9.17) is 9.47 Å². The first-order chi connectivity index (χ1) is 16.6. The molecule has 5 rings (SSSR count). The third kappa shape index (κ3) is 4.72. The van der Waals surface area contributed by atoms with Gasteiger partial charge in [-0.05, 0) is 30.3 Å². The Morgan fingerprint density at radius 3 is 2.59 bits per heavy atom. The average Bonchev–Trinajstić information content (AvgIpc) is 3.35. The molecular weight excluding hydrogens is 459 g/mol. The van der Waals surface area contributed by atoms with Crippen LogP contribution in [-0.4, -0.2) is 75.8 Å². The predicted molar refractivity (Wildman–Crippen MR) is 124 cm³/mol. The molecule has 176 valence electrons. The van der Waals surface area contributed by atoms with Gasteiger partial charge in [-0.1, -0.05) is 30.0 Å². The molecule has 1 aromatic heterocycles. The number of halogens is 1. The van der Waals surface area contributed by atoms with Crippen molar-refractivity contribution in [1.29, 1.82) is 0 Å². The SMILES string of the molecule is O=C(CSc1nccn1-c1cccc(F)c1)N1CCN(C(=O)[C@@H]2COc3ccccc3O2)CC1. The summed E-state index contributed by atoms with van der Waals surface area (Å²) >= 11 is 1.30. The van der Waals surface area contributed by atoms with Crippen LogP contribution < -0.4 is 9.47 Å². The molecule has 10 heteroatoms. The molecule has 8 nitrogen and oxygen atoms in total. The fourth-order valence-electron chi connectivity index (χ4n) is 3.96. The van der Waals surface area contributed by atoms with Crippen LogP contribution in [0.15, 0.2) is 66.1 Å². The van der Waals surface area contributed by atoms with E-state index in [9.17, 15) is 14.0 Å². The first kappa shape index (κ1) is 22.3. The molecule has 3 aromatic rings. The minimum Gasteiger partial charge on any atom is -0.485 e. The topological polar surface area (TPSA) is 76.9 Å². The number of amides is 2. The zero-order chi connectivity index (χ0) is 23.5. The van der Waals surface area contributed by atoms with Crippen LogP contribution in [0.4, 0.5) is 4.39 Å². The molecule has 0 spiro atoms. The van der Waals surface area contributed by atoms with Crippen molar-refractivity contribution < 1.29 is 23.5 Å². The Labute approximate surface area is 200 Å². The number of aromatic nitrogens is 2. The summed E-state index contributed by atoms with van der Waals surface area (Å²) in [4.78, 5) is 33.4. The Hall–Kier alpha value is -3.53. The molecular formula is C24H23FN4O4S. The van der Waals surface area contributed by atoms with Gasteiger partial charge < -0.3 is 19.3 Å². The van der Waals surface area contributed by atoms with E-state index >= 15 is 0 Å². The minimum absolute atomic E-state index is 0.0305. The molecule has 2 aliphatic heterocycles. The van der Waals surface area contributed by atoms with Crippen LogP contribution in [0.25, 0.3) is 5.69 Å². The van der Waals surface area contributed by atoms with Crippen LogP contribution in [0.2, 0.25) is 0 Å². The fourth-order valence-corrected chi connectivity index (χ4v) is 4.83. The number of piperazine rings is 1. The van der Waals surface area contributed by atoms with Gasteiger partial charge >= 0.3 is 0 Å². The molecule has 0 bridgehead atoms. The average molecular weight is 483 g/mol. The third-order valence-corrected chi connectivity index (χ3v) is 6.70. The summed E-state index contributed by atoms with van der Waals surface area (Å²) in [5.41, 5.74) is 0.649.